The van der Waals surface area contributed by atoms with Crippen LogP contribution in [0.3, 0.4) is 0 Å². The molecule has 1 rings (SSSR count). The van der Waals surface area contributed by atoms with Crippen LogP contribution in [0.25, 0.3) is 0 Å². The highest BCUT2D eigenvalue weighted by atomic mass is 19.4. The predicted octanol–water partition coefficient (Wildman–Crippen LogP) is 3.02. The van der Waals surface area contributed by atoms with Crippen molar-refractivity contribution in [2.45, 2.75) is 24.3 Å². The molecule has 0 saturated heterocycles. The van der Waals surface area contributed by atoms with Gasteiger partial charge in [0.2, 0.25) is 6.10 Å². The number of carbonyl (C=O) groups is 1. The fourth-order valence-electron chi connectivity index (χ4n) is 1.52. The molecule has 0 aromatic heterocycles. The van der Waals surface area contributed by atoms with Crippen molar-refractivity contribution < 1.29 is 36.6 Å². The lowest BCUT2D eigenvalue weighted by Gasteiger charge is -2.31. The van der Waals surface area contributed by atoms with Gasteiger partial charge >= 0.3 is 18.1 Å². The second-order valence-electron chi connectivity index (χ2n) is 4.05. The van der Waals surface area contributed by atoms with Crippen LogP contribution < -0.4 is 0 Å². The van der Waals surface area contributed by atoms with E-state index in [-0.39, 0.29) is 5.56 Å². The van der Waals surface area contributed by atoms with Gasteiger partial charge in [-0.15, -0.1) is 0 Å². The molecule has 0 aliphatic rings. The molecule has 0 bridgehead atoms. The van der Waals surface area contributed by atoms with Crippen molar-refractivity contribution in [3.05, 3.63) is 48.6 Å². The lowest BCUT2D eigenvalue weighted by atomic mass is 9.98. The average Bonchev–Trinajstić information content (AvgIpc) is 2.43. The number of hydrogen-bond donors (Lipinski definition) is 1. The topological polar surface area (TPSA) is 46.5 Å². The number of aliphatic hydroxyl groups excluding tert-OH is 1. The summed E-state index contributed by atoms with van der Waals surface area (Å²) in [5.41, 5.74) is -0.388. The summed E-state index contributed by atoms with van der Waals surface area (Å²) in [6.07, 6.45) is -11.6. The van der Waals surface area contributed by atoms with E-state index in [1.165, 1.54) is 18.2 Å². The molecule has 0 fully saturated rings. The largest absolute Gasteiger partial charge is 0.448 e. The fourth-order valence-corrected chi connectivity index (χ4v) is 1.52. The summed E-state index contributed by atoms with van der Waals surface area (Å²) < 4.78 is 69.1. The maximum atomic E-state index is 13.9. The highest BCUT2D eigenvalue weighted by Crippen LogP contribution is 2.42. The summed E-state index contributed by atoms with van der Waals surface area (Å²) in [6, 6.07) is 6.10. The smallest absolute Gasteiger partial charge is 0.420 e. The van der Waals surface area contributed by atoms with Gasteiger partial charge in [0.1, 0.15) is 0 Å². The van der Waals surface area contributed by atoms with E-state index < -0.39 is 30.3 Å². The molecule has 21 heavy (non-hydrogen) atoms. The van der Waals surface area contributed by atoms with Crippen LogP contribution in [-0.2, 0) is 9.53 Å². The van der Waals surface area contributed by atoms with E-state index in [0.29, 0.717) is 6.08 Å². The third-order valence-electron chi connectivity index (χ3n) is 2.53. The van der Waals surface area contributed by atoms with E-state index in [0.717, 1.165) is 12.1 Å². The molecule has 2 unspecified atom stereocenters. The lowest BCUT2D eigenvalue weighted by molar-refractivity contribution is -0.293. The summed E-state index contributed by atoms with van der Waals surface area (Å²) in [4.78, 5) is 11.1. The van der Waals surface area contributed by atoms with Crippen molar-refractivity contribution in [3.63, 3.8) is 0 Å². The Kier molecular flexibility index (Phi) is 5.06. The number of ether oxygens (including phenoxy) is 1. The molecule has 116 valence electrons. The van der Waals surface area contributed by atoms with Crippen LogP contribution in [0.4, 0.5) is 22.0 Å². The Morgan fingerprint density at radius 2 is 1.71 bits per heavy atom. The second-order valence-corrected chi connectivity index (χ2v) is 4.05. The van der Waals surface area contributed by atoms with Crippen LogP contribution in [0.1, 0.15) is 11.7 Å². The molecule has 0 spiro atoms. The first-order valence-electron chi connectivity index (χ1n) is 5.61. The Morgan fingerprint density at radius 1 is 1.19 bits per heavy atom. The zero-order valence-electron chi connectivity index (χ0n) is 10.5. The molecule has 1 N–H and O–H groups in total. The molecule has 1 aromatic carbocycles. The van der Waals surface area contributed by atoms with Gasteiger partial charge in [-0.25, -0.2) is 4.79 Å². The highest BCUT2D eigenvalue weighted by molar-refractivity contribution is 5.81. The average molecular weight is 310 g/mol. The van der Waals surface area contributed by atoms with Crippen LogP contribution in [0.15, 0.2) is 43.0 Å². The van der Waals surface area contributed by atoms with Crippen molar-refractivity contribution >= 4 is 5.97 Å². The van der Waals surface area contributed by atoms with Gasteiger partial charge in [-0.3, -0.25) is 0 Å². The number of carbonyl (C=O) groups excluding carboxylic acids is 1. The van der Waals surface area contributed by atoms with Crippen LogP contribution in [0, 0.1) is 0 Å². The van der Waals surface area contributed by atoms with Crippen molar-refractivity contribution in [2.75, 3.05) is 0 Å². The SMILES string of the molecule is C=CC(=O)OC(c1ccccc1)C(F)(F)C(O)C(F)(F)F. The maximum absolute atomic E-state index is 13.9. The van der Waals surface area contributed by atoms with E-state index in [1.807, 2.05) is 0 Å². The Hall–Kier alpha value is -1.96. The Bertz CT molecular complexity index is 498. The number of alkyl halides is 5. The zero-order valence-corrected chi connectivity index (χ0v) is 10.5. The van der Waals surface area contributed by atoms with Crippen LogP contribution in [0.5, 0.6) is 0 Å². The van der Waals surface area contributed by atoms with Crippen LogP contribution >= 0.6 is 0 Å². The molecular formula is C13H11F5O3. The molecule has 8 heteroatoms. The van der Waals surface area contributed by atoms with Crippen molar-refractivity contribution in [1.82, 2.24) is 0 Å². The summed E-state index contributed by atoms with van der Waals surface area (Å²) in [5.74, 6) is -6.10. The first kappa shape index (κ1) is 17.1. The van der Waals surface area contributed by atoms with Gasteiger partial charge < -0.3 is 9.84 Å². The molecule has 0 saturated carbocycles. The number of hydrogen-bond acceptors (Lipinski definition) is 3. The third-order valence-corrected chi connectivity index (χ3v) is 2.53. The minimum atomic E-state index is -5.57. The Morgan fingerprint density at radius 3 is 2.14 bits per heavy atom. The van der Waals surface area contributed by atoms with Crippen molar-refractivity contribution in [1.29, 1.82) is 0 Å². The first-order valence-corrected chi connectivity index (χ1v) is 5.61. The molecule has 1 aromatic rings. The van der Waals surface area contributed by atoms with E-state index in [1.54, 1.807) is 0 Å². The summed E-state index contributed by atoms with van der Waals surface area (Å²) >= 11 is 0. The molecule has 0 radical (unpaired) electrons. The third kappa shape index (κ3) is 4.01. The first-order chi connectivity index (χ1) is 9.60. The van der Waals surface area contributed by atoms with Crippen LogP contribution in [0.2, 0.25) is 0 Å². The zero-order chi connectivity index (χ0) is 16.3. The van der Waals surface area contributed by atoms with E-state index in [9.17, 15) is 26.7 Å². The monoisotopic (exact) mass is 310 g/mol. The normalized spacial score (nSPS) is 15.1. The Labute approximate surface area is 116 Å². The van der Waals surface area contributed by atoms with Gasteiger partial charge in [0.25, 0.3) is 0 Å². The number of halogens is 5. The van der Waals surface area contributed by atoms with Gasteiger partial charge in [0.15, 0.2) is 6.10 Å². The van der Waals surface area contributed by atoms with E-state index >= 15 is 0 Å². The van der Waals surface area contributed by atoms with Gasteiger partial charge in [0, 0.05) is 6.08 Å². The predicted molar refractivity (Wildman–Crippen MR) is 62.5 cm³/mol. The Balaban J connectivity index is 3.23. The van der Waals surface area contributed by atoms with Crippen molar-refractivity contribution in [3.8, 4) is 0 Å². The summed E-state index contributed by atoms with van der Waals surface area (Å²) in [7, 11) is 0. The lowest BCUT2D eigenvalue weighted by Crippen LogP contribution is -2.49. The second kappa shape index (κ2) is 6.21. The molecule has 3 nitrogen and oxygen atoms in total. The standard InChI is InChI=1S/C13H11F5O3/c1-2-9(19)21-10(8-6-4-3-5-7-8)12(14,15)11(20)13(16,17)18/h2-7,10-11,20H,1H2. The fraction of sp³-hybridized carbons (Fsp3) is 0.308. The van der Waals surface area contributed by atoms with E-state index in [2.05, 4.69) is 11.3 Å². The molecule has 0 heterocycles. The summed E-state index contributed by atoms with van der Waals surface area (Å²) in [5, 5.41) is 8.84. The van der Waals surface area contributed by atoms with Crippen molar-refractivity contribution in [2.24, 2.45) is 0 Å². The van der Waals surface area contributed by atoms with E-state index in [4.69, 9.17) is 5.11 Å². The molecule has 0 amide bonds. The minimum absolute atomic E-state index is 0.388. The van der Waals surface area contributed by atoms with Gasteiger partial charge in [0.05, 0.1) is 0 Å². The number of benzene rings is 1. The quantitative estimate of drug-likeness (QED) is 0.516. The summed E-state index contributed by atoms with van der Waals surface area (Å²) in [6.45, 7) is 2.98. The van der Waals surface area contributed by atoms with Gasteiger partial charge in [-0.1, -0.05) is 36.9 Å². The number of rotatable bonds is 5. The minimum Gasteiger partial charge on any atom is -0.448 e. The number of aliphatic hydroxyl groups is 1. The van der Waals surface area contributed by atoms with Crippen LogP contribution in [-0.4, -0.2) is 29.3 Å². The highest BCUT2D eigenvalue weighted by Gasteiger charge is 2.60. The molecule has 0 aliphatic carbocycles. The number of esters is 1. The van der Waals surface area contributed by atoms with Gasteiger partial charge in [-0.2, -0.15) is 22.0 Å². The molecule has 0 aliphatic heterocycles. The maximum Gasteiger partial charge on any atom is 0.420 e. The van der Waals surface area contributed by atoms with Gasteiger partial charge in [-0.05, 0) is 5.56 Å². The molecule has 2 atom stereocenters. The molecular weight excluding hydrogens is 299 g/mol.